The number of carbonyl (C=O) groups is 8. The smallest absolute Gasteiger partial charge is 0.373 e. The minimum atomic E-state index is -1.29. The first kappa shape index (κ1) is 40.7. The Bertz CT molecular complexity index is 1310. The number of carbonyl (C=O) groups excluding carboxylic acids is 10. The minimum absolute atomic E-state index is 0.0866. The average molecular weight is 709 g/mol. The highest BCUT2D eigenvalue weighted by Gasteiger charge is 2.46. The molecular weight excluding hydrogens is 664 g/mol. The lowest BCUT2D eigenvalue weighted by Crippen LogP contribution is -2.60. The second-order valence-electron chi connectivity index (χ2n) is 11.6. The highest BCUT2D eigenvalue weighted by atomic mass is 16.5. The van der Waals surface area contributed by atoms with Crippen LogP contribution in [0.5, 0.6) is 0 Å². The van der Waals surface area contributed by atoms with E-state index in [0.717, 1.165) is 4.90 Å². The zero-order chi connectivity index (χ0) is 37.2. The van der Waals surface area contributed by atoms with Gasteiger partial charge in [0.2, 0.25) is 24.6 Å². The number of nitrogens with one attached hydrogen (secondary N) is 4. The molecule has 50 heavy (non-hydrogen) atoms. The van der Waals surface area contributed by atoms with Crippen molar-refractivity contribution in [2.75, 3.05) is 52.4 Å². The predicted octanol–water partition coefficient (Wildman–Crippen LogP) is -4.83. The third-order valence-electron chi connectivity index (χ3n) is 8.42. The van der Waals surface area contributed by atoms with E-state index in [1.807, 2.05) is 4.90 Å². The largest absolute Gasteiger partial charge is 0.464 e. The number of ketones is 1. The number of aliphatic imine (C=N–C) groups is 1. The molecule has 21 nitrogen and oxygen atoms in total. The van der Waals surface area contributed by atoms with Crippen molar-refractivity contribution in [1.82, 2.24) is 36.0 Å². The molecule has 3 saturated heterocycles. The number of urea groups is 1. The van der Waals surface area contributed by atoms with E-state index < -0.39 is 59.8 Å². The Morgan fingerprint density at radius 2 is 1.74 bits per heavy atom. The average Bonchev–Trinajstić information content (AvgIpc) is 3.62. The van der Waals surface area contributed by atoms with E-state index in [4.69, 9.17) is 25.8 Å². The molecule has 7 amide bonds. The van der Waals surface area contributed by atoms with Gasteiger partial charge in [-0.3, -0.25) is 38.7 Å². The highest BCUT2D eigenvalue weighted by molar-refractivity contribution is 6.07. The Kier molecular flexibility index (Phi) is 17.0. The van der Waals surface area contributed by atoms with E-state index in [9.17, 15) is 38.4 Å². The van der Waals surface area contributed by atoms with Gasteiger partial charge in [-0.05, 0) is 26.2 Å². The molecule has 0 spiro atoms. The van der Waals surface area contributed by atoms with E-state index >= 15 is 0 Å². The quantitative estimate of drug-likeness (QED) is 0.0183. The fourth-order valence-electron chi connectivity index (χ4n) is 5.72. The number of Topliss-reactive ketones (excluding diaryl/α,β-unsaturated/α-hetero) is 1. The van der Waals surface area contributed by atoms with Crippen molar-refractivity contribution in [1.29, 1.82) is 0 Å². The molecule has 3 heterocycles. The van der Waals surface area contributed by atoms with Gasteiger partial charge in [-0.2, -0.15) is 9.59 Å². The normalized spacial score (nSPS) is 20.5. The second-order valence-corrected chi connectivity index (χ2v) is 11.6. The van der Waals surface area contributed by atoms with Crippen LogP contribution in [0.15, 0.2) is 4.99 Å². The van der Waals surface area contributed by atoms with Crippen molar-refractivity contribution >= 4 is 60.4 Å². The molecule has 3 aliphatic heterocycles. The van der Waals surface area contributed by atoms with Gasteiger partial charge in [-0.25, -0.2) is 14.5 Å². The highest BCUT2D eigenvalue weighted by Crippen LogP contribution is 2.20. The van der Waals surface area contributed by atoms with Crippen LogP contribution in [-0.4, -0.2) is 152 Å². The van der Waals surface area contributed by atoms with E-state index in [1.165, 1.54) is 4.90 Å². The van der Waals surface area contributed by atoms with Gasteiger partial charge in [-0.15, -0.1) is 0 Å². The molecule has 5 atom stereocenters. The number of cyclic esters (lactones) is 1. The molecule has 3 aliphatic rings. The van der Waals surface area contributed by atoms with Crippen molar-refractivity contribution in [3.05, 3.63) is 0 Å². The number of nitrogens with zero attached hydrogens (tertiary/aromatic N) is 4. The molecule has 0 aliphatic carbocycles. The third kappa shape index (κ3) is 11.9. The summed E-state index contributed by atoms with van der Waals surface area (Å²) >= 11 is 0. The van der Waals surface area contributed by atoms with E-state index in [1.54, 1.807) is 6.92 Å². The van der Waals surface area contributed by atoms with Crippen LogP contribution in [0.25, 0.3) is 0 Å². The summed E-state index contributed by atoms with van der Waals surface area (Å²) in [7, 11) is 0. The molecule has 0 aromatic rings. The first-order chi connectivity index (χ1) is 23.9. The Morgan fingerprint density at radius 3 is 2.32 bits per heavy atom. The van der Waals surface area contributed by atoms with Gasteiger partial charge in [0.25, 0.3) is 5.91 Å². The predicted molar refractivity (Wildman–Crippen MR) is 169 cm³/mol. The Labute approximate surface area is 287 Å². The number of hydrogen-bond acceptors (Lipinski definition) is 13. The first-order valence-electron chi connectivity index (χ1n) is 15.9. The van der Waals surface area contributed by atoms with Crippen LogP contribution in [0.1, 0.15) is 39.0 Å². The summed E-state index contributed by atoms with van der Waals surface area (Å²) in [5.41, 5.74) is 10.8. The van der Waals surface area contributed by atoms with Gasteiger partial charge in [0.15, 0.2) is 5.96 Å². The number of rotatable bonds is 19. The molecule has 0 radical (unpaired) electrons. The molecule has 8 N–H and O–H groups in total. The molecule has 3 fully saturated rings. The number of nitrogens with two attached hydrogens (primary N) is 2. The molecule has 0 bridgehead atoms. The number of hydrogen-bond donors (Lipinski definition) is 6. The lowest BCUT2D eigenvalue weighted by atomic mass is 9.92. The maximum absolute atomic E-state index is 13.6. The van der Waals surface area contributed by atoms with Gasteiger partial charge in [-0.1, -0.05) is 0 Å². The number of guanidine groups is 1. The molecule has 0 aromatic heterocycles. The zero-order valence-corrected chi connectivity index (χ0v) is 27.7. The first-order valence-corrected chi connectivity index (χ1v) is 15.9. The van der Waals surface area contributed by atoms with Crippen molar-refractivity contribution < 1.29 is 52.7 Å². The Hall–Kier alpha value is -5.43. The zero-order valence-electron chi connectivity index (χ0n) is 27.7. The number of esters is 1. The molecule has 3 rings (SSSR count). The van der Waals surface area contributed by atoms with Gasteiger partial charge in [0.05, 0.1) is 12.6 Å². The Morgan fingerprint density at radius 1 is 1.08 bits per heavy atom. The van der Waals surface area contributed by atoms with Crippen molar-refractivity contribution in [2.24, 2.45) is 22.4 Å². The van der Waals surface area contributed by atoms with Crippen LogP contribution in [0, 0.1) is 5.92 Å². The van der Waals surface area contributed by atoms with Crippen LogP contribution in [0.3, 0.4) is 0 Å². The lowest BCUT2D eigenvalue weighted by Gasteiger charge is -2.39. The maximum atomic E-state index is 13.6. The number of amides is 7. The minimum Gasteiger partial charge on any atom is -0.464 e. The molecule has 21 heteroatoms. The van der Waals surface area contributed by atoms with E-state index in [-0.39, 0.29) is 70.1 Å². The van der Waals surface area contributed by atoms with Crippen LogP contribution < -0.4 is 32.7 Å². The monoisotopic (exact) mass is 708 g/mol. The van der Waals surface area contributed by atoms with Crippen LogP contribution in [0.2, 0.25) is 0 Å². The summed E-state index contributed by atoms with van der Waals surface area (Å²) in [4.78, 5) is 124. The van der Waals surface area contributed by atoms with E-state index in [2.05, 4.69) is 26.3 Å². The molecular formula is C29H44N10O11. The molecule has 1 unspecified atom stereocenters. The standard InChI is InChI=1S/C28H44N10O9.CO2/c1-17(22(41)13-18(3-2-6-33-27(29)30)23(42)34-20-5-12-47-26(20)45)36-8-10-37(11-9-36)25(44)21(14-32-16-40)38-24(43)19(35-28(38)46)4-7-31-15-39;2-1-3/h15-21H,2-14H2,1H3,(H,31,39)(H,32,40)(H,34,42)(H,35,46)(H4,29,30,33);/t17-,18+,19+,20?,21+;/m1./s1. The molecule has 0 aromatic carbocycles. The van der Waals surface area contributed by atoms with Crippen molar-refractivity contribution in [2.45, 2.75) is 63.2 Å². The summed E-state index contributed by atoms with van der Waals surface area (Å²) < 4.78 is 4.92. The van der Waals surface area contributed by atoms with Gasteiger partial charge >= 0.3 is 18.2 Å². The summed E-state index contributed by atoms with van der Waals surface area (Å²) in [5.74, 6) is -3.17. The van der Waals surface area contributed by atoms with E-state index in [0.29, 0.717) is 45.2 Å². The fourth-order valence-corrected chi connectivity index (χ4v) is 5.72. The molecule has 276 valence electrons. The van der Waals surface area contributed by atoms with Gasteiger partial charge in [0, 0.05) is 64.6 Å². The third-order valence-corrected chi connectivity index (χ3v) is 8.42. The van der Waals surface area contributed by atoms with Crippen LogP contribution >= 0.6 is 0 Å². The summed E-state index contributed by atoms with van der Waals surface area (Å²) in [6, 6.07) is -4.38. The topological polar surface area (TPSA) is 302 Å². The fraction of sp³-hybridized carbons (Fsp3) is 0.655. The summed E-state index contributed by atoms with van der Waals surface area (Å²) in [6.45, 7) is 2.98. The van der Waals surface area contributed by atoms with Gasteiger partial charge in [0.1, 0.15) is 23.9 Å². The van der Waals surface area contributed by atoms with Gasteiger partial charge < -0.3 is 42.4 Å². The SMILES string of the molecule is C[C@H](C(=O)C[C@H](CCCN=C(N)N)C(=O)NC1CCOC1=O)N1CCN(C(=O)[C@H](CNC=O)N2C(=O)N[C@@H](CCNC=O)C2=O)CC1.O=C=O. The number of piperazine rings is 1. The lowest BCUT2D eigenvalue weighted by molar-refractivity contribution is -0.191. The van der Waals surface area contributed by atoms with Crippen molar-refractivity contribution in [3.63, 3.8) is 0 Å². The van der Waals surface area contributed by atoms with Crippen LogP contribution in [-0.2, 0) is 47.9 Å². The van der Waals surface area contributed by atoms with Crippen LogP contribution in [0.4, 0.5) is 4.79 Å². The summed E-state index contributed by atoms with van der Waals surface area (Å²) in [6.07, 6.45) is 2.20. The number of imide groups is 1. The van der Waals surface area contributed by atoms with Crippen molar-refractivity contribution in [3.8, 4) is 0 Å². The molecule has 0 saturated carbocycles. The Balaban J connectivity index is 0.00000278. The number of ether oxygens (including phenoxy) is 1. The second kappa shape index (κ2) is 20.8. The summed E-state index contributed by atoms with van der Waals surface area (Å²) in [5, 5.41) is 9.98. The maximum Gasteiger partial charge on any atom is 0.373 e.